The van der Waals surface area contributed by atoms with Crippen molar-refractivity contribution >= 4 is 23.2 Å². The van der Waals surface area contributed by atoms with Gasteiger partial charge in [0.2, 0.25) is 0 Å². The number of anilines is 1. The Labute approximate surface area is 149 Å². The highest BCUT2D eigenvalue weighted by molar-refractivity contribution is 5.84. The first-order chi connectivity index (χ1) is 12.9. The Morgan fingerprint density at radius 1 is 1.00 bits per heavy atom. The maximum absolute atomic E-state index is 5.77. The molecule has 7 heteroatoms. The first-order valence-corrected chi connectivity index (χ1v) is 8.08. The normalized spacial score (nSPS) is 11.1. The maximum atomic E-state index is 5.77. The Kier molecular flexibility index (Phi) is 4.51. The molecular formula is C19H16N6O. The average Bonchev–Trinajstić information content (AvgIpc) is 3.18. The number of imidazole rings is 1. The van der Waals surface area contributed by atoms with E-state index in [0.717, 1.165) is 16.9 Å². The van der Waals surface area contributed by atoms with Crippen LogP contribution in [0.25, 0.3) is 11.2 Å². The number of hydrogen-bond acceptors (Lipinski definition) is 6. The van der Waals surface area contributed by atoms with Gasteiger partial charge >= 0.3 is 0 Å². The summed E-state index contributed by atoms with van der Waals surface area (Å²) in [7, 11) is 0. The lowest BCUT2D eigenvalue weighted by Gasteiger charge is -2.06. The second-order valence-corrected chi connectivity index (χ2v) is 5.54. The third kappa shape index (κ3) is 3.67. The van der Waals surface area contributed by atoms with E-state index in [1.807, 2.05) is 54.6 Å². The second kappa shape index (κ2) is 7.43. The van der Waals surface area contributed by atoms with E-state index < -0.39 is 0 Å². The van der Waals surface area contributed by atoms with Crippen molar-refractivity contribution in [1.29, 1.82) is 0 Å². The number of H-pyrrole nitrogens is 1. The van der Waals surface area contributed by atoms with Gasteiger partial charge in [-0.15, -0.1) is 0 Å². The van der Waals surface area contributed by atoms with Gasteiger partial charge in [-0.25, -0.2) is 15.0 Å². The predicted octanol–water partition coefficient (Wildman–Crippen LogP) is 3.38. The fourth-order valence-corrected chi connectivity index (χ4v) is 2.41. The van der Waals surface area contributed by atoms with Crippen LogP contribution in [0.1, 0.15) is 11.1 Å². The molecule has 7 nitrogen and oxygen atoms in total. The zero-order chi connectivity index (χ0) is 17.6. The number of hydrazone groups is 1. The van der Waals surface area contributed by atoms with Gasteiger partial charge in [-0.2, -0.15) is 5.10 Å². The van der Waals surface area contributed by atoms with Crippen molar-refractivity contribution in [2.24, 2.45) is 5.10 Å². The Balaban J connectivity index is 1.36. The molecular weight excluding hydrogens is 328 g/mol. The molecule has 0 atom stereocenters. The van der Waals surface area contributed by atoms with Gasteiger partial charge in [0.1, 0.15) is 24.2 Å². The fraction of sp³-hybridized carbons (Fsp3) is 0.0526. The van der Waals surface area contributed by atoms with Gasteiger partial charge < -0.3 is 9.72 Å². The van der Waals surface area contributed by atoms with Crippen LogP contribution in [0.15, 0.2) is 72.4 Å². The molecule has 0 bridgehead atoms. The van der Waals surface area contributed by atoms with Crippen LogP contribution in [0.3, 0.4) is 0 Å². The summed E-state index contributed by atoms with van der Waals surface area (Å²) in [6.07, 6.45) is 4.73. The van der Waals surface area contributed by atoms with E-state index in [0.29, 0.717) is 23.6 Å². The molecule has 0 saturated carbocycles. The van der Waals surface area contributed by atoms with E-state index in [1.54, 1.807) is 12.5 Å². The number of aromatic amines is 1. The van der Waals surface area contributed by atoms with Crippen molar-refractivity contribution in [2.75, 3.05) is 5.43 Å². The Morgan fingerprint density at radius 3 is 2.69 bits per heavy atom. The highest BCUT2D eigenvalue weighted by Gasteiger charge is 2.03. The van der Waals surface area contributed by atoms with Gasteiger partial charge in [0, 0.05) is 0 Å². The van der Waals surface area contributed by atoms with Crippen LogP contribution in [-0.4, -0.2) is 26.2 Å². The third-order valence-electron chi connectivity index (χ3n) is 3.74. The lowest BCUT2D eigenvalue weighted by molar-refractivity contribution is 0.306. The molecule has 0 unspecified atom stereocenters. The molecule has 2 N–H and O–H groups in total. The number of rotatable bonds is 6. The quantitative estimate of drug-likeness (QED) is 0.413. The van der Waals surface area contributed by atoms with Gasteiger partial charge in [0.15, 0.2) is 11.5 Å². The number of hydrogen-bond donors (Lipinski definition) is 2. The van der Waals surface area contributed by atoms with Crippen molar-refractivity contribution in [3.05, 3.63) is 78.4 Å². The maximum Gasteiger partial charge on any atom is 0.182 e. The van der Waals surface area contributed by atoms with Crippen molar-refractivity contribution in [3.8, 4) is 5.75 Å². The molecule has 0 aliphatic rings. The van der Waals surface area contributed by atoms with Gasteiger partial charge in [-0.3, -0.25) is 5.43 Å². The zero-order valence-corrected chi connectivity index (χ0v) is 13.8. The molecule has 0 radical (unpaired) electrons. The number of ether oxygens (including phenoxy) is 1. The highest BCUT2D eigenvalue weighted by atomic mass is 16.5. The van der Waals surface area contributed by atoms with Crippen LogP contribution in [0.4, 0.5) is 5.82 Å². The third-order valence-corrected chi connectivity index (χ3v) is 3.74. The van der Waals surface area contributed by atoms with Crippen LogP contribution in [0.2, 0.25) is 0 Å². The number of nitrogens with one attached hydrogen (secondary N) is 2. The molecule has 26 heavy (non-hydrogen) atoms. The van der Waals surface area contributed by atoms with Gasteiger partial charge in [-0.05, 0) is 35.4 Å². The molecule has 2 heterocycles. The lowest BCUT2D eigenvalue weighted by Crippen LogP contribution is -1.96. The minimum Gasteiger partial charge on any atom is -0.489 e. The molecule has 4 aromatic rings. The van der Waals surface area contributed by atoms with Gasteiger partial charge in [-0.1, -0.05) is 30.3 Å². The second-order valence-electron chi connectivity index (χ2n) is 5.54. The lowest BCUT2D eigenvalue weighted by atomic mass is 10.2. The van der Waals surface area contributed by atoms with E-state index in [4.69, 9.17) is 4.74 Å². The molecule has 0 aliphatic heterocycles. The summed E-state index contributed by atoms with van der Waals surface area (Å²) in [6, 6.07) is 17.8. The van der Waals surface area contributed by atoms with E-state index in [2.05, 4.69) is 30.5 Å². The van der Waals surface area contributed by atoms with Gasteiger partial charge in [0.25, 0.3) is 0 Å². The topological polar surface area (TPSA) is 88.1 Å². The van der Waals surface area contributed by atoms with Gasteiger partial charge in [0.05, 0.1) is 12.5 Å². The summed E-state index contributed by atoms with van der Waals surface area (Å²) in [5, 5.41) is 4.21. The predicted molar refractivity (Wildman–Crippen MR) is 100 cm³/mol. The zero-order valence-electron chi connectivity index (χ0n) is 13.8. The summed E-state index contributed by atoms with van der Waals surface area (Å²) >= 11 is 0. The summed E-state index contributed by atoms with van der Waals surface area (Å²) in [5.41, 5.74) is 6.29. The van der Waals surface area contributed by atoms with E-state index in [1.165, 1.54) is 6.33 Å². The number of aromatic nitrogens is 4. The minimum atomic E-state index is 0.545. The van der Waals surface area contributed by atoms with Crippen LogP contribution < -0.4 is 10.2 Å². The summed E-state index contributed by atoms with van der Waals surface area (Å²) < 4.78 is 5.77. The Bertz CT molecular complexity index is 1010. The van der Waals surface area contributed by atoms with E-state index in [9.17, 15) is 0 Å². The molecule has 0 spiro atoms. The van der Waals surface area contributed by atoms with E-state index in [-0.39, 0.29) is 0 Å². The first kappa shape index (κ1) is 15.8. The Hall–Kier alpha value is -3.74. The van der Waals surface area contributed by atoms with Crippen LogP contribution >= 0.6 is 0 Å². The van der Waals surface area contributed by atoms with Crippen LogP contribution in [0.5, 0.6) is 5.75 Å². The molecule has 0 fully saturated rings. The monoisotopic (exact) mass is 344 g/mol. The molecule has 0 aliphatic carbocycles. The standard InChI is InChI=1S/C19H16N6O/c1-2-4-15(5-3-1)11-26-16-8-6-14(7-9-16)10-24-25-19-17-18(21-12-20-17)22-13-23-19/h1-10,12-13H,11H2,(H2,20,21,22,23,25)/b24-10-. The molecule has 2 aromatic carbocycles. The molecule has 128 valence electrons. The highest BCUT2D eigenvalue weighted by Crippen LogP contribution is 2.15. The van der Waals surface area contributed by atoms with Crippen molar-refractivity contribution in [1.82, 2.24) is 19.9 Å². The van der Waals surface area contributed by atoms with Crippen molar-refractivity contribution in [2.45, 2.75) is 6.61 Å². The van der Waals surface area contributed by atoms with Crippen LogP contribution in [-0.2, 0) is 6.61 Å². The fourth-order valence-electron chi connectivity index (χ4n) is 2.41. The van der Waals surface area contributed by atoms with Crippen molar-refractivity contribution < 1.29 is 4.74 Å². The SMILES string of the molecule is C(=N/Nc1ncnc2nc[nH]c12)/c1ccc(OCc2ccccc2)cc1. The molecule has 2 aromatic heterocycles. The van der Waals surface area contributed by atoms with E-state index >= 15 is 0 Å². The first-order valence-electron chi connectivity index (χ1n) is 8.08. The smallest absolute Gasteiger partial charge is 0.182 e. The summed E-state index contributed by atoms with van der Waals surface area (Å²) in [4.78, 5) is 15.3. The number of fused-ring (bicyclic) bond motifs is 1. The minimum absolute atomic E-state index is 0.545. The van der Waals surface area contributed by atoms with Crippen molar-refractivity contribution in [3.63, 3.8) is 0 Å². The number of nitrogens with zero attached hydrogens (tertiary/aromatic N) is 4. The molecule has 0 saturated heterocycles. The largest absolute Gasteiger partial charge is 0.489 e. The molecule has 4 rings (SSSR count). The average molecular weight is 344 g/mol. The summed E-state index contributed by atoms with van der Waals surface area (Å²) in [5.74, 6) is 1.39. The summed E-state index contributed by atoms with van der Waals surface area (Å²) in [6.45, 7) is 0.545. The Morgan fingerprint density at radius 2 is 1.85 bits per heavy atom. The molecule has 0 amide bonds. The number of benzene rings is 2. The van der Waals surface area contributed by atoms with Crippen LogP contribution in [0, 0.1) is 0 Å².